The van der Waals surface area contributed by atoms with E-state index in [9.17, 15) is 15.3 Å². The Kier molecular flexibility index (Phi) is 2.63. The first-order valence-corrected chi connectivity index (χ1v) is 7.12. The topological polar surface area (TPSA) is 60.7 Å². The summed E-state index contributed by atoms with van der Waals surface area (Å²) in [6.45, 7) is 0. The highest BCUT2D eigenvalue weighted by Gasteiger charge is 2.30. The second-order valence-corrected chi connectivity index (χ2v) is 5.47. The van der Waals surface area contributed by atoms with E-state index >= 15 is 0 Å². The second-order valence-electron chi connectivity index (χ2n) is 5.47. The van der Waals surface area contributed by atoms with Gasteiger partial charge in [-0.3, -0.25) is 0 Å². The van der Waals surface area contributed by atoms with Crippen LogP contribution in [0.25, 0.3) is 22.3 Å². The van der Waals surface area contributed by atoms with E-state index in [1.807, 2.05) is 54.6 Å². The predicted molar refractivity (Wildman–Crippen MR) is 85.1 cm³/mol. The molecule has 1 aliphatic rings. The summed E-state index contributed by atoms with van der Waals surface area (Å²) in [5.41, 5.74) is 4.85. The monoisotopic (exact) mass is 290 g/mol. The summed E-state index contributed by atoms with van der Waals surface area (Å²) < 4.78 is 0. The average Bonchev–Trinajstić information content (AvgIpc) is 2.93. The number of phenolic OH excluding ortho intramolecular Hbond substituents is 3. The molecule has 0 aliphatic heterocycles. The van der Waals surface area contributed by atoms with E-state index in [1.54, 1.807) is 0 Å². The SMILES string of the molecule is Oc1c(O)c(-c2ccccc2)c2c(c1O)-c1ccccc1C2. The molecule has 3 aromatic carbocycles. The van der Waals surface area contributed by atoms with E-state index in [2.05, 4.69) is 0 Å². The van der Waals surface area contributed by atoms with Gasteiger partial charge in [0.1, 0.15) is 0 Å². The number of fused-ring (bicyclic) bond motifs is 3. The van der Waals surface area contributed by atoms with Gasteiger partial charge in [0.05, 0.1) is 0 Å². The molecular weight excluding hydrogens is 276 g/mol. The lowest BCUT2D eigenvalue weighted by Gasteiger charge is -2.15. The van der Waals surface area contributed by atoms with Crippen molar-refractivity contribution in [3.63, 3.8) is 0 Å². The van der Waals surface area contributed by atoms with Crippen LogP contribution in [0, 0.1) is 0 Å². The van der Waals surface area contributed by atoms with Crippen molar-refractivity contribution in [2.24, 2.45) is 0 Å². The normalized spacial score (nSPS) is 12.0. The highest BCUT2D eigenvalue weighted by Crippen LogP contribution is 2.55. The summed E-state index contributed by atoms with van der Waals surface area (Å²) in [5.74, 6) is -0.985. The molecule has 0 bridgehead atoms. The van der Waals surface area contributed by atoms with E-state index in [1.165, 1.54) is 0 Å². The van der Waals surface area contributed by atoms with Crippen molar-refractivity contribution in [1.82, 2.24) is 0 Å². The maximum absolute atomic E-state index is 10.4. The first-order valence-electron chi connectivity index (χ1n) is 7.12. The number of aromatic hydroxyl groups is 3. The van der Waals surface area contributed by atoms with Crippen LogP contribution in [-0.2, 0) is 6.42 Å². The minimum atomic E-state index is -0.464. The molecule has 22 heavy (non-hydrogen) atoms. The van der Waals surface area contributed by atoms with Crippen molar-refractivity contribution in [2.75, 3.05) is 0 Å². The predicted octanol–water partition coefficient (Wildman–Crippen LogP) is 4.04. The zero-order chi connectivity index (χ0) is 15.3. The van der Waals surface area contributed by atoms with Crippen molar-refractivity contribution < 1.29 is 15.3 Å². The van der Waals surface area contributed by atoms with Gasteiger partial charge in [0.2, 0.25) is 5.75 Å². The summed E-state index contributed by atoms with van der Waals surface area (Å²) in [7, 11) is 0. The first-order chi connectivity index (χ1) is 10.7. The summed E-state index contributed by atoms with van der Waals surface area (Å²) in [5, 5.41) is 30.8. The number of hydrogen-bond donors (Lipinski definition) is 3. The molecule has 0 spiro atoms. The zero-order valence-corrected chi connectivity index (χ0v) is 11.7. The molecule has 0 saturated carbocycles. The molecule has 0 atom stereocenters. The Labute approximate surface area is 127 Å². The van der Waals surface area contributed by atoms with Gasteiger partial charge in [0.25, 0.3) is 0 Å². The van der Waals surface area contributed by atoms with Crippen LogP contribution in [0.2, 0.25) is 0 Å². The molecule has 3 aromatic rings. The molecule has 1 aliphatic carbocycles. The van der Waals surface area contributed by atoms with Gasteiger partial charge in [-0.25, -0.2) is 0 Å². The van der Waals surface area contributed by atoms with E-state index in [0.29, 0.717) is 17.5 Å². The van der Waals surface area contributed by atoms with Gasteiger partial charge >= 0.3 is 0 Å². The van der Waals surface area contributed by atoms with Gasteiger partial charge < -0.3 is 15.3 Å². The Hall–Kier alpha value is -2.94. The third-order valence-corrected chi connectivity index (χ3v) is 4.24. The van der Waals surface area contributed by atoms with Crippen LogP contribution < -0.4 is 0 Å². The van der Waals surface area contributed by atoms with Gasteiger partial charge in [-0.2, -0.15) is 0 Å². The highest BCUT2D eigenvalue weighted by atomic mass is 16.3. The van der Waals surface area contributed by atoms with Crippen LogP contribution in [0.4, 0.5) is 0 Å². The molecular formula is C19H14O3. The zero-order valence-electron chi connectivity index (χ0n) is 11.7. The van der Waals surface area contributed by atoms with E-state index in [4.69, 9.17) is 0 Å². The van der Waals surface area contributed by atoms with Crippen molar-refractivity contribution >= 4 is 0 Å². The lowest BCUT2D eigenvalue weighted by molar-refractivity contribution is 0.369. The fourth-order valence-electron chi connectivity index (χ4n) is 3.25. The third kappa shape index (κ3) is 1.62. The molecule has 0 aromatic heterocycles. The standard InChI is InChI=1S/C19H14O3/c20-17-15(11-6-2-1-3-7-11)14-10-12-8-4-5-9-13(12)16(14)18(21)19(17)22/h1-9,20-22H,10H2. The van der Waals surface area contributed by atoms with Crippen molar-refractivity contribution in [1.29, 1.82) is 0 Å². The smallest absolute Gasteiger partial charge is 0.201 e. The van der Waals surface area contributed by atoms with Gasteiger partial charge in [0, 0.05) is 11.1 Å². The van der Waals surface area contributed by atoms with Crippen LogP contribution in [0.15, 0.2) is 54.6 Å². The van der Waals surface area contributed by atoms with Crippen LogP contribution in [-0.4, -0.2) is 15.3 Å². The fourth-order valence-corrected chi connectivity index (χ4v) is 3.25. The molecule has 108 valence electrons. The lowest BCUT2D eigenvalue weighted by Crippen LogP contribution is -1.90. The molecule has 4 rings (SSSR count). The van der Waals surface area contributed by atoms with E-state index in [0.717, 1.165) is 22.3 Å². The maximum atomic E-state index is 10.4. The summed E-state index contributed by atoms with van der Waals surface area (Å²) in [4.78, 5) is 0. The van der Waals surface area contributed by atoms with Crippen LogP contribution in [0.1, 0.15) is 11.1 Å². The summed E-state index contributed by atoms with van der Waals surface area (Å²) in [6.07, 6.45) is 0.622. The number of benzene rings is 3. The molecule has 0 fully saturated rings. The Bertz CT molecular complexity index is 883. The second kappa shape index (κ2) is 4.53. The van der Waals surface area contributed by atoms with Crippen molar-refractivity contribution in [2.45, 2.75) is 6.42 Å². The fraction of sp³-hybridized carbons (Fsp3) is 0.0526. The maximum Gasteiger partial charge on any atom is 0.201 e. The Balaban J connectivity index is 2.10. The molecule has 3 heteroatoms. The molecule has 0 radical (unpaired) electrons. The van der Waals surface area contributed by atoms with Crippen molar-refractivity contribution in [3.8, 4) is 39.5 Å². The van der Waals surface area contributed by atoms with Crippen LogP contribution in [0.5, 0.6) is 17.2 Å². The lowest BCUT2D eigenvalue weighted by atomic mass is 9.93. The van der Waals surface area contributed by atoms with E-state index < -0.39 is 5.75 Å². The van der Waals surface area contributed by atoms with Crippen molar-refractivity contribution in [3.05, 3.63) is 65.7 Å². The molecule has 0 unspecified atom stereocenters. The highest BCUT2D eigenvalue weighted by molar-refractivity contribution is 5.93. The van der Waals surface area contributed by atoms with Gasteiger partial charge in [-0.05, 0) is 28.7 Å². The molecule has 0 heterocycles. The average molecular weight is 290 g/mol. The minimum absolute atomic E-state index is 0.253. The summed E-state index contributed by atoms with van der Waals surface area (Å²) in [6, 6.07) is 17.2. The first kappa shape index (κ1) is 12.8. The minimum Gasteiger partial charge on any atom is -0.504 e. The van der Waals surface area contributed by atoms with E-state index in [-0.39, 0.29) is 11.5 Å². The number of rotatable bonds is 1. The van der Waals surface area contributed by atoms with Gasteiger partial charge in [-0.1, -0.05) is 54.6 Å². The van der Waals surface area contributed by atoms with Gasteiger partial charge in [0.15, 0.2) is 11.5 Å². The quantitative estimate of drug-likeness (QED) is 0.464. The third-order valence-electron chi connectivity index (χ3n) is 4.24. The Morgan fingerprint density at radius 2 is 1.27 bits per heavy atom. The Morgan fingerprint density at radius 1 is 0.636 bits per heavy atom. The molecule has 0 amide bonds. The van der Waals surface area contributed by atoms with Gasteiger partial charge in [-0.15, -0.1) is 0 Å². The largest absolute Gasteiger partial charge is 0.504 e. The Morgan fingerprint density at radius 3 is 2.05 bits per heavy atom. The molecule has 3 nitrogen and oxygen atoms in total. The number of hydrogen-bond acceptors (Lipinski definition) is 3. The van der Waals surface area contributed by atoms with Crippen LogP contribution >= 0.6 is 0 Å². The molecule has 3 N–H and O–H groups in total. The summed E-state index contributed by atoms with van der Waals surface area (Å²) >= 11 is 0. The van der Waals surface area contributed by atoms with Crippen LogP contribution in [0.3, 0.4) is 0 Å². The number of phenols is 3. The molecule has 0 saturated heterocycles.